The summed E-state index contributed by atoms with van der Waals surface area (Å²) >= 11 is 6.82. The third-order valence-corrected chi connectivity index (χ3v) is 7.85. The first-order valence-electron chi connectivity index (χ1n) is 14.3. The molecule has 0 bridgehead atoms. The maximum absolute atomic E-state index is 13.8. The van der Waals surface area contributed by atoms with Crippen LogP contribution in [0.15, 0.2) is 92.5 Å². The van der Waals surface area contributed by atoms with Crippen molar-refractivity contribution in [3.8, 4) is 23.0 Å². The monoisotopic (exact) mass is 796 g/mol. The summed E-state index contributed by atoms with van der Waals surface area (Å²) in [5.74, 6) is -1.91. The summed E-state index contributed by atoms with van der Waals surface area (Å²) in [6.45, 7) is 0. The number of esters is 1. The Hall–Kier alpha value is -5.21. The van der Waals surface area contributed by atoms with Gasteiger partial charge in [-0.1, -0.05) is 34.1 Å². The molecule has 0 heterocycles. The largest absolute Gasteiger partial charge is 0.493 e. The zero-order valence-corrected chi connectivity index (χ0v) is 30.1. The third kappa shape index (κ3) is 9.45. The van der Waals surface area contributed by atoms with Crippen LogP contribution in [-0.2, 0) is 4.79 Å². The molecule has 0 aromatic heterocycles. The highest BCUT2D eigenvalue weighted by molar-refractivity contribution is 9.11. The predicted molar refractivity (Wildman–Crippen MR) is 191 cm³/mol. The third-order valence-electron chi connectivity index (χ3n) is 6.80. The molecule has 254 valence electrons. The highest BCUT2D eigenvalue weighted by Gasteiger charge is 2.21. The van der Waals surface area contributed by atoms with Gasteiger partial charge < -0.3 is 29.2 Å². The van der Waals surface area contributed by atoms with Crippen LogP contribution in [0.5, 0.6) is 23.0 Å². The lowest BCUT2D eigenvalue weighted by Gasteiger charge is -2.15. The average molecular weight is 798 g/mol. The number of ether oxygens (including phenoxy) is 4. The van der Waals surface area contributed by atoms with Gasteiger partial charge in [0.25, 0.3) is 11.8 Å². The van der Waals surface area contributed by atoms with Gasteiger partial charge >= 0.3 is 5.97 Å². The summed E-state index contributed by atoms with van der Waals surface area (Å²) in [6.07, 6.45) is 2.73. The van der Waals surface area contributed by atoms with Crippen molar-refractivity contribution in [3.63, 3.8) is 0 Å². The van der Waals surface area contributed by atoms with Crippen LogP contribution in [0.3, 0.4) is 0 Å². The topological polar surface area (TPSA) is 128 Å². The lowest BCUT2D eigenvalue weighted by molar-refractivity contribution is -0.117. The number of methoxy groups -OCH3 is 3. The Morgan fingerprint density at radius 2 is 1.51 bits per heavy atom. The quantitative estimate of drug-likeness (QED) is 0.0541. The smallest absolute Gasteiger partial charge is 0.343 e. The summed E-state index contributed by atoms with van der Waals surface area (Å²) in [7, 11) is 8.08. The zero-order chi connectivity index (χ0) is 35.7. The number of nitrogens with one attached hydrogen (secondary N) is 2. The van der Waals surface area contributed by atoms with Gasteiger partial charge in [-0.15, -0.1) is 0 Å². The Labute approximate surface area is 298 Å². The van der Waals surface area contributed by atoms with Crippen molar-refractivity contribution in [2.24, 2.45) is 5.10 Å². The number of hydrazone groups is 1. The van der Waals surface area contributed by atoms with E-state index in [4.69, 9.17) is 18.9 Å². The standard InChI is InChI=1S/C35H31Br2FN4O7/c1-42(2)26-11-9-20(10-12-26)13-28(40-33(43)21-7-6-8-25(38)15-21)34(44)41-39-19-23-14-24(36)18-27(37)31(23)49-35(45)22-16-29(46-3)32(48-5)30(17-22)47-4/h6-19H,1-5H3,(H,40,43)(H,41,44)/b28-13-,39-19-. The van der Waals surface area contributed by atoms with E-state index in [0.717, 1.165) is 11.8 Å². The van der Waals surface area contributed by atoms with Crippen LogP contribution >= 0.6 is 31.9 Å². The number of benzene rings is 4. The second-order valence-electron chi connectivity index (χ2n) is 10.3. The van der Waals surface area contributed by atoms with Crippen molar-refractivity contribution in [1.29, 1.82) is 0 Å². The molecule has 14 heteroatoms. The molecule has 0 aliphatic rings. The Morgan fingerprint density at radius 1 is 0.837 bits per heavy atom. The molecule has 2 amide bonds. The minimum absolute atomic E-state index is 0.0164. The van der Waals surface area contributed by atoms with Crippen LogP contribution in [0.4, 0.5) is 10.1 Å². The van der Waals surface area contributed by atoms with Gasteiger partial charge in [0, 0.05) is 35.4 Å². The van der Waals surface area contributed by atoms with E-state index in [9.17, 15) is 18.8 Å². The molecule has 0 atom stereocenters. The number of halogens is 3. The molecule has 0 aliphatic heterocycles. The predicted octanol–water partition coefficient (Wildman–Crippen LogP) is 6.58. The minimum Gasteiger partial charge on any atom is -0.493 e. The molecule has 4 aromatic rings. The molecule has 0 saturated carbocycles. The number of carbonyl (C=O) groups excluding carboxylic acids is 3. The Balaban J connectivity index is 1.61. The van der Waals surface area contributed by atoms with Gasteiger partial charge in [0.15, 0.2) is 17.2 Å². The number of amides is 2. The van der Waals surface area contributed by atoms with E-state index in [1.165, 1.54) is 64.0 Å². The summed E-state index contributed by atoms with van der Waals surface area (Å²) in [6, 6.07) is 18.5. The van der Waals surface area contributed by atoms with E-state index in [-0.39, 0.29) is 34.1 Å². The molecule has 0 saturated heterocycles. The summed E-state index contributed by atoms with van der Waals surface area (Å²) in [5, 5.41) is 6.60. The molecule has 0 unspecified atom stereocenters. The fourth-order valence-corrected chi connectivity index (χ4v) is 5.71. The molecule has 0 fully saturated rings. The second kappa shape index (κ2) is 16.8. The molecule has 11 nitrogen and oxygen atoms in total. The van der Waals surface area contributed by atoms with Gasteiger partial charge in [-0.3, -0.25) is 9.59 Å². The van der Waals surface area contributed by atoms with Crippen LogP contribution in [0.25, 0.3) is 6.08 Å². The van der Waals surface area contributed by atoms with Crippen LogP contribution in [-0.4, -0.2) is 59.4 Å². The molecule has 2 N–H and O–H groups in total. The zero-order valence-electron chi connectivity index (χ0n) is 27.0. The Morgan fingerprint density at radius 3 is 2.10 bits per heavy atom. The normalized spacial score (nSPS) is 11.1. The number of nitrogens with zero attached hydrogens (tertiary/aromatic N) is 2. The first-order valence-corrected chi connectivity index (χ1v) is 15.9. The molecule has 0 spiro atoms. The van der Waals surface area contributed by atoms with Crippen LogP contribution in [0, 0.1) is 5.82 Å². The fourth-order valence-electron chi connectivity index (χ4n) is 4.37. The van der Waals surface area contributed by atoms with Crippen molar-refractivity contribution in [3.05, 3.63) is 116 Å². The maximum Gasteiger partial charge on any atom is 0.343 e. The first-order chi connectivity index (χ1) is 23.4. The highest BCUT2D eigenvalue weighted by atomic mass is 79.9. The number of anilines is 1. The van der Waals surface area contributed by atoms with Gasteiger partial charge in [0.05, 0.1) is 37.6 Å². The van der Waals surface area contributed by atoms with E-state index >= 15 is 0 Å². The van der Waals surface area contributed by atoms with E-state index < -0.39 is 23.6 Å². The summed E-state index contributed by atoms with van der Waals surface area (Å²) < 4.78 is 36.6. The van der Waals surface area contributed by atoms with Crippen LogP contribution in [0.2, 0.25) is 0 Å². The van der Waals surface area contributed by atoms with Crippen molar-refractivity contribution >= 4 is 67.6 Å². The number of carbonyl (C=O) groups is 3. The molecule has 49 heavy (non-hydrogen) atoms. The van der Waals surface area contributed by atoms with Gasteiger partial charge in [-0.2, -0.15) is 5.10 Å². The van der Waals surface area contributed by atoms with Crippen LogP contribution < -0.4 is 34.6 Å². The molecule has 4 rings (SSSR count). The highest BCUT2D eigenvalue weighted by Crippen LogP contribution is 2.39. The van der Waals surface area contributed by atoms with E-state index in [1.54, 1.807) is 24.3 Å². The van der Waals surface area contributed by atoms with Crippen molar-refractivity contribution < 1.29 is 37.7 Å². The van der Waals surface area contributed by atoms with Crippen molar-refractivity contribution in [2.45, 2.75) is 0 Å². The van der Waals surface area contributed by atoms with Gasteiger partial charge in [-0.05, 0) is 82.2 Å². The molecular formula is C35H31Br2FN4O7. The number of rotatable bonds is 12. The summed E-state index contributed by atoms with van der Waals surface area (Å²) in [4.78, 5) is 41.5. The molecule has 4 aromatic carbocycles. The maximum atomic E-state index is 13.8. The van der Waals surface area contributed by atoms with E-state index in [2.05, 4.69) is 47.7 Å². The number of hydrogen-bond acceptors (Lipinski definition) is 9. The fraction of sp³-hybridized carbons (Fsp3) is 0.143. The Kier molecular flexibility index (Phi) is 12.5. The van der Waals surface area contributed by atoms with Crippen molar-refractivity contribution in [1.82, 2.24) is 10.7 Å². The minimum atomic E-state index is -0.775. The van der Waals surface area contributed by atoms with Crippen molar-refractivity contribution in [2.75, 3.05) is 40.3 Å². The van der Waals surface area contributed by atoms with Gasteiger partial charge in [-0.25, -0.2) is 14.6 Å². The number of hydrogen-bond donors (Lipinski definition) is 2. The Bertz CT molecular complexity index is 1910. The molecule has 0 aliphatic carbocycles. The first kappa shape index (κ1) is 36.6. The molecular weight excluding hydrogens is 767 g/mol. The second-order valence-corrected chi connectivity index (χ2v) is 12.1. The lowest BCUT2D eigenvalue weighted by atomic mass is 10.1. The summed E-state index contributed by atoms with van der Waals surface area (Å²) in [5.41, 5.74) is 4.20. The average Bonchev–Trinajstić information content (AvgIpc) is 3.08. The lowest BCUT2D eigenvalue weighted by Crippen LogP contribution is -2.32. The van der Waals surface area contributed by atoms with Gasteiger partial charge in [0.2, 0.25) is 5.75 Å². The van der Waals surface area contributed by atoms with E-state index in [1.807, 2.05) is 31.1 Å². The SMILES string of the molecule is COc1cc(C(=O)Oc2c(Br)cc(Br)cc2/C=N\NC(=O)/C(=C/c2ccc(N(C)C)cc2)NC(=O)c2cccc(F)c2)cc(OC)c1OC. The van der Waals surface area contributed by atoms with Crippen LogP contribution in [0.1, 0.15) is 31.8 Å². The van der Waals surface area contributed by atoms with Gasteiger partial charge in [0.1, 0.15) is 11.5 Å². The molecule has 0 radical (unpaired) electrons. The van der Waals surface area contributed by atoms with E-state index in [0.29, 0.717) is 25.8 Å².